The third kappa shape index (κ3) is 6.24. The molecule has 0 spiro atoms. The summed E-state index contributed by atoms with van der Waals surface area (Å²) in [5, 5.41) is 2.69. The number of carbonyl (C=O) groups is 2. The first-order valence-corrected chi connectivity index (χ1v) is 9.53. The molecule has 29 heavy (non-hydrogen) atoms. The number of methoxy groups -OCH3 is 1. The SMILES string of the molecule is COc1ccccc1NC(=O)[C@H](C)OC(=O)[C@H](C)Oc1ccc(C(C)(C)C)cc1. The van der Waals surface area contributed by atoms with E-state index in [9.17, 15) is 9.59 Å². The number of amides is 1. The van der Waals surface area contributed by atoms with Crippen LogP contribution in [0.3, 0.4) is 0 Å². The second-order valence-corrected chi connectivity index (χ2v) is 7.80. The van der Waals surface area contributed by atoms with Crippen molar-refractivity contribution in [1.29, 1.82) is 0 Å². The lowest BCUT2D eigenvalue weighted by Gasteiger charge is -2.20. The summed E-state index contributed by atoms with van der Waals surface area (Å²) in [5.41, 5.74) is 1.71. The molecule has 0 radical (unpaired) electrons. The predicted octanol–water partition coefficient (Wildman–Crippen LogP) is 4.33. The third-order valence-corrected chi connectivity index (χ3v) is 4.39. The van der Waals surface area contributed by atoms with Crippen LogP contribution in [0.1, 0.15) is 40.2 Å². The molecule has 0 aromatic heterocycles. The number of hydrogen-bond donors (Lipinski definition) is 1. The minimum Gasteiger partial charge on any atom is -0.495 e. The van der Waals surface area contributed by atoms with Gasteiger partial charge in [0.05, 0.1) is 12.8 Å². The topological polar surface area (TPSA) is 73.9 Å². The third-order valence-electron chi connectivity index (χ3n) is 4.39. The second-order valence-electron chi connectivity index (χ2n) is 7.80. The van der Waals surface area contributed by atoms with E-state index < -0.39 is 24.1 Å². The maximum absolute atomic E-state index is 12.3. The summed E-state index contributed by atoms with van der Waals surface area (Å²) in [6.45, 7) is 9.47. The van der Waals surface area contributed by atoms with Crippen LogP contribution in [0.2, 0.25) is 0 Å². The van der Waals surface area contributed by atoms with Crippen molar-refractivity contribution in [2.24, 2.45) is 0 Å². The van der Waals surface area contributed by atoms with Gasteiger partial charge >= 0.3 is 5.97 Å². The van der Waals surface area contributed by atoms with Crippen molar-refractivity contribution < 1.29 is 23.8 Å². The highest BCUT2D eigenvalue weighted by molar-refractivity contribution is 5.96. The van der Waals surface area contributed by atoms with E-state index in [1.54, 1.807) is 31.2 Å². The Morgan fingerprint density at radius 1 is 0.931 bits per heavy atom. The number of esters is 1. The lowest BCUT2D eigenvalue weighted by atomic mass is 9.87. The van der Waals surface area contributed by atoms with Crippen LogP contribution in [-0.4, -0.2) is 31.2 Å². The highest BCUT2D eigenvalue weighted by Gasteiger charge is 2.24. The second kappa shape index (κ2) is 9.45. The number of rotatable bonds is 7. The van der Waals surface area contributed by atoms with Crippen LogP contribution in [0, 0.1) is 0 Å². The molecule has 0 bridgehead atoms. The zero-order valence-electron chi connectivity index (χ0n) is 17.8. The smallest absolute Gasteiger partial charge is 0.347 e. The highest BCUT2D eigenvalue weighted by atomic mass is 16.6. The molecule has 0 fully saturated rings. The van der Waals surface area contributed by atoms with Gasteiger partial charge in [-0.25, -0.2) is 4.79 Å². The van der Waals surface area contributed by atoms with E-state index in [1.165, 1.54) is 19.6 Å². The zero-order chi connectivity index (χ0) is 21.6. The Bertz CT molecular complexity index is 839. The van der Waals surface area contributed by atoms with Gasteiger partial charge in [-0.05, 0) is 49.1 Å². The maximum atomic E-state index is 12.3. The minimum absolute atomic E-state index is 0.0350. The summed E-state index contributed by atoms with van der Waals surface area (Å²) in [6, 6.07) is 14.6. The zero-order valence-corrected chi connectivity index (χ0v) is 17.8. The summed E-state index contributed by atoms with van der Waals surface area (Å²) in [7, 11) is 1.52. The standard InChI is InChI=1S/C23H29NO5/c1-15(21(25)24-19-9-7-8-10-20(19)27-6)29-22(26)16(2)28-18-13-11-17(12-14-18)23(3,4)5/h7-16H,1-6H3,(H,24,25)/t15-,16-/m0/s1. The summed E-state index contributed by atoms with van der Waals surface area (Å²) in [6.07, 6.45) is -1.83. The molecule has 0 aliphatic carbocycles. The number of hydrogen-bond acceptors (Lipinski definition) is 5. The van der Waals surface area contributed by atoms with Gasteiger partial charge in [0.1, 0.15) is 11.5 Å². The van der Waals surface area contributed by atoms with E-state index in [0.717, 1.165) is 0 Å². The van der Waals surface area contributed by atoms with E-state index in [2.05, 4.69) is 26.1 Å². The number of carbonyl (C=O) groups excluding carboxylic acids is 2. The van der Waals surface area contributed by atoms with Gasteiger partial charge in [-0.3, -0.25) is 4.79 Å². The number of benzene rings is 2. The van der Waals surface area contributed by atoms with Gasteiger partial charge in [-0.2, -0.15) is 0 Å². The van der Waals surface area contributed by atoms with Crippen molar-refractivity contribution in [1.82, 2.24) is 0 Å². The Hall–Kier alpha value is -3.02. The van der Waals surface area contributed by atoms with Crippen molar-refractivity contribution in [2.75, 3.05) is 12.4 Å². The lowest BCUT2D eigenvalue weighted by Crippen LogP contribution is -2.35. The molecule has 2 aromatic rings. The monoisotopic (exact) mass is 399 g/mol. The largest absolute Gasteiger partial charge is 0.495 e. The van der Waals surface area contributed by atoms with Crippen molar-refractivity contribution in [3.8, 4) is 11.5 Å². The molecule has 0 aliphatic rings. The number of nitrogens with one attached hydrogen (secondary N) is 1. The van der Waals surface area contributed by atoms with Crippen LogP contribution in [0.5, 0.6) is 11.5 Å². The van der Waals surface area contributed by atoms with E-state index >= 15 is 0 Å². The molecule has 0 heterocycles. The Labute approximate surface area is 172 Å². The van der Waals surface area contributed by atoms with Crippen molar-refractivity contribution >= 4 is 17.6 Å². The van der Waals surface area contributed by atoms with E-state index in [-0.39, 0.29) is 5.41 Å². The molecule has 6 heteroatoms. The maximum Gasteiger partial charge on any atom is 0.347 e. The minimum atomic E-state index is -0.985. The van der Waals surface area contributed by atoms with Crippen LogP contribution < -0.4 is 14.8 Å². The van der Waals surface area contributed by atoms with Gasteiger partial charge in [0.25, 0.3) is 5.91 Å². The van der Waals surface area contributed by atoms with Gasteiger partial charge in [-0.1, -0.05) is 45.0 Å². The molecule has 0 saturated heterocycles. The van der Waals surface area contributed by atoms with E-state index in [4.69, 9.17) is 14.2 Å². The Morgan fingerprint density at radius 3 is 2.14 bits per heavy atom. The van der Waals surface area contributed by atoms with Crippen LogP contribution >= 0.6 is 0 Å². The van der Waals surface area contributed by atoms with Crippen LogP contribution in [0.4, 0.5) is 5.69 Å². The molecule has 1 N–H and O–H groups in total. The molecule has 2 aromatic carbocycles. The normalized spacial score (nSPS) is 13.2. The first kappa shape index (κ1) is 22.3. The average Bonchev–Trinajstić information content (AvgIpc) is 2.67. The Balaban J connectivity index is 1.92. The molecular formula is C23H29NO5. The average molecular weight is 399 g/mol. The number of ether oxygens (including phenoxy) is 3. The van der Waals surface area contributed by atoms with Gasteiger partial charge in [-0.15, -0.1) is 0 Å². The van der Waals surface area contributed by atoms with Gasteiger partial charge in [0.15, 0.2) is 12.2 Å². The van der Waals surface area contributed by atoms with Crippen LogP contribution in [-0.2, 0) is 19.7 Å². The fourth-order valence-electron chi connectivity index (χ4n) is 2.59. The summed E-state index contributed by atoms with van der Waals surface area (Å²) >= 11 is 0. The lowest BCUT2D eigenvalue weighted by molar-refractivity contribution is -0.159. The van der Waals surface area contributed by atoms with Crippen LogP contribution in [0.15, 0.2) is 48.5 Å². The van der Waals surface area contributed by atoms with Gasteiger partial charge in [0.2, 0.25) is 0 Å². The van der Waals surface area contributed by atoms with Crippen molar-refractivity contribution in [3.63, 3.8) is 0 Å². The molecular weight excluding hydrogens is 370 g/mol. The van der Waals surface area contributed by atoms with Gasteiger partial charge < -0.3 is 19.5 Å². The number of anilines is 1. The molecule has 2 rings (SSSR count). The van der Waals surface area contributed by atoms with Gasteiger partial charge in [0, 0.05) is 0 Å². The molecule has 6 nitrogen and oxygen atoms in total. The van der Waals surface area contributed by atoms with Crippen molar-refractivity contribution in [2.45, 2.75) is 52.2 Å². The number of para-hydroxylation sites is 2. The predicted molar refractivity (Wildman–Crippen MR) is 112 cm³/mol. The Morgan fingerprint density at radius 2 is 1.55 bits per heavy atom. The van der Waals surface area contributed by atoms with Crippen molar-refractivity contribution in [3.05, 3.63) is 54.1 Å². The fraction of sp³-hybridized carbons (Fsp3) is 0.391. The van der Waals surface area contributed by atoms with E-state index in [0.29, 0.717) is 17.2 Å². The first-order chi connectivity index (χ1) is 13.6. The molecule has 156 valence electrons. The summed E-state index contributed by atoms with van der Waals surface area (Å²) in [5.74, 6) is 0.0144. The quantitative estimate of drug-likeness (QED) is 0.702. The molecule has 2 atom stereocenters. The highest BCUT2D eigenvalue weighted by Crippen LogP contribution is 2.25. The first-order valence-electron chi connectivity index (χ1n) is 9.53. The summed E-state index contributed by atoms with van der Waals surface area (Å²) < 4.78 is 16.1. The molecule has 1 amide bonds. The van der Waals surface area contributed by atoms with E-state index in [1.807, 2.05) is 24.3 Å². The molecule has 0 aliphatic heterocycles. The fourth-order valence-corrected chi connectivity index (χ4v) is 2.59. The summed E-state index contributed by atoms with van der Waals surface area (Å²) in [4.78, 5) is 24.7. The van der Waals surface area contributed by atoms with Crippen LogP contribution in [0.25, 0.3) is 0 Å². The Kier molecular flexibility index (Phi) is 7.26. The molecule has 0 unspecified atom stereocenters. The molecule has 0 saturated carbocycles.